The fraction of sp³-hybridized carbons (Fsp3) is 0.150. The highest BCUT2D eigenvalue weighted by Gasteiger charge is 2.36. The molecule has 0 amide bonds. The lowest BCUT2D eigenvalue weighted by atomic mass is 9.97. The molecule has 4 nitrogen and oxygen atoms in total. The number of ether oxygens (including phenoxy) is 3. The number of methoxy groups -OCH3 is 2. The van der Waals surface area contributed by atoms with Gasteiger partial charge in [0.15, 0.2) is 0 Å². The van der Waals surface area contributed by atoms with Crippen LogP contribution < -0.4 is 4.74 Å². The summed E-state index contributed by atoms with van der Waals surface area (Å²) in [4.78, 5) is 12.3. The Hall–Kier alpha value is -3.01. The second kappa shape index (κ2) is 6.62. The lowest BCUT2D eigenvalue weighted by Crippen LogP contribution is -2.07. The lowest BCUT2D eigenvalue weighted by molar-refractivity contribution is -0.135. The maximum Gasteiger partial charge on any atom is 0.342 e. The first kappa shape index (κ1) is 15.9. The van der Waals surface area contributed by atoms with Crippen LogP contribution in [-0.4, -0.2) is 20.2 Å². The van der Waals surface area contributed by atoms with Crippen LogP contribution in [0.1, 0.15) is 17.2 Å². The maximum absolute atomic E-state index is 12.3. The van der Waals surface area contributed by atoms with Crippen molar-refractivity contribution >= 4 is 11.7 Å². The molecule has 0 N–H and O–H groups in total. The van der Waals surface area contributed by atoms with Gasteiger partial charge in [-0.2, -0.15) is 0 Å². The molecule has 2 aromatic carbocycles. The van der Waals surface area contributed by atoms with E-state index in [0.717, 1.165) is 16.9 Å². The van der Waals surface area contributed by atoms with Gasteiger partial charge in [-0.05, 0) is 29.8 Å². The summed E-state index contributed by atoms with van der Waals surface area (Å²) in [6, 6.07) is 17.0. The van der Waals surface area contributed by atoms with E-state index in [-0.39, 0.29) is 0 Å². The van der Waals surface area contributed by atoms with Crippen molar-refractivity contribution in [1.82, 2.24) is 0 Å². The minimum absolute atomic E-state index is 0.372. The summed E-state index contributed by atoms with van der Waals surface area (Å²) in [5.74, 6) is 0.753. The molecule has 0 spiro atoms. The molecule has 0 radical (unpaired) electrons. The summed E-state index contributed by atoms with van der Waals surface area (Å²) < 4.78 is 16.2. The van der Waals surface area contributed by atoms with Crippen LogP contribution in [0, 0.1) is 0 Å². The van der Waals surface area contributed by atoms with E-state index >= 15 is 0 Å². The van der Waals surface area contributed by atoms with Crippen LogP contribution in [0.2, 0.25) is 0 Å². The summed E-state index contributed by atoms with van der Waals surface area (Å²) in [7, 11) is 2.96. The first-order valence-electron chi connectivity index (χ1n) is 7.53. The molecule has 1 aliphatic heterocycles. The topological polar surface area (TPSA) is 44.8 Å². The number of esters is 1. The van der Waals surface area contributed by atoms with Gasteiger partial charge in [0.2, 0.25) is 0 Å². The number of carbonyl (C=O) groups is 1. The van der Waals surface area contributed by atoms with Crippen LogP contribution in [-0.2, 0) is 14.3 Å². The average molecular weight is 322 g/mol. The van der Waals surface area contributed by atoms with Gasteiger partial charge in [-0.25, -0.2) is 4.79 Å². The minimum atomic E-state index is -0.454. The monoisotopic (exact) mass is 322 g/mol. The Morgan fingerprint density at radius 3 is 2.29 bits per heavy atom. The van der Waals surface area contributed by atoms with Crippen molar-refractivity contribution in [1.29, 1.82) is 0 Å². The third-order valence-electron chi connectivity index (χ3n) is 3.94. The molecule has 1 aliphatic rings. The number of carbonyl (C=O) groups excluding carboxylic acids is 1. The van der Waals surface area contributed by atoms with Gasteiger partial charge in [-0.15, -0.1) is 0 Å². The summed E-state index contributed by atoms with van der Waals surface area (Å²) in [5, 5.41) is 0. The fourth-order valence-electron chi connectivity index (χ4n) is 2.70. The molecule has 2 aromatic rings. The number of benzene rings is 2. The van der Waals surface area contributed by atoms with Crippen LogP contribution in [0.5, 0.6) is 5.75 Å². The van der Waals surface area contributed by atoms with Gasteiger partial charge in [0.25, 0.3) is 0 Å². The molecule has 0 unspecified atom stereocenters. The zero-order chi connectivity index (χ0) is 17.1. The van der Waals surface area contributed by atoms with Crippen molar-refractivity contribution < 1.29 is 19.0 Å². The minimum Gasteiger partial charge on any atom is -0.497 e. The first-order chi connectivity index (χ1) is 11.7. The predicted molar refractivity (Wildman–Crippen MR) is 91.3 cm³/mol. The Morgan fingerprint density at radius 2 is 1.71 bits per heavy atom. The predicted octanol–water partition coefficient (Wildman–Crippen LogP) is 3.91. The molecular formula is C20H18O4. The largest absolute Gasteiger partial charge is 0.497 e. The van der Waals surface area contributed by atoms with E-state index in [0.29, 0.717) is 16.9 Å². The third kappa shape index (κ3) is 2.78. The van der Waals surface area contributed by atoms with Crippen molar-refractivity contribution in [3.8, 4) is 5.75 Å². The molecule has 3 rings (SSSR count). The molecule has 0 aliphatic carbocycles. The average Bonchev–Trinajstić information content (AvgIpc) is 2.99. The molecular weight excluding hydrogens is 304 g/mol. The van der Waals surface area contributed by atoms with Crippen LogP contribution in [0.3, 0.4) is 0 Å². The van der Waals surface area contributed by atoms with Gasteiger partial charge in [-0.3, -0.25) is 0 Å². The molecule has 0 fully saturated rings. The first-order valence-corrected chi connectivity index (χ1v) is 7.53. The van der Waals surface area contributed by atoms with Gasteiger partial charge < -0.3 is 14.2 Å². The van der Waals surface area contributed by atoms with Gasteiger partial charge in [0.1, 0.15) is 23.2 Å². The zero-order valence-electron chi connectivity index (χ0n) is 13.6. The van der Waals surface area contributed by atoms with Gasteiger partial charge in [-0.1, -0.05) is 36.9 Å². The Kier molecular flexibility index (Phi) is 4.38. The van der Waals surface area contributed by atoms with Crippen molar-refractivity contribution in [2.75, 3.05) is 14.2 Å². The van der Waals surface area contributed by atoms with Crippen molar-refractivity contribution in [2.45, 2.75) is 6.10 Å². The van der Waals surface area contributed by atoms with E-state index in [4.69, 9.17) is 14.2 Å². The normalized spacial score (nSPS) is 16.8. The standard InChI is InChI=1S/C20H18O4/c1-13-17(20(21)23-3)19(15-9-11-16(22-2)12-10-15)24-18(13)14-7-5-4-6-8-14/h4-12,18H,1H2,2-3H3/t18-/m1/s1. The van der Waals surface area contributed by atoms with E-state index in [1.165, 1.54) is 7.11 Å². The molecule has 0 saturated carbocycles. The molecule has 0 saturated heterocycles. The summed E-state index contributed by atoms with van der Waals surface area (Å²) in [5.41, 5.74) is 2.68. The molecule has 24 heavy (non-hydrogen) atoms. The fourth-order valence-corrected chi connectivity index (χ4v) is 2.70. The molecule has 122 valence electrons. The highest BCUT2D eigenvalue weighted by atomic mass is 16.5. The van der Waals surface area contributed by atoms with Gasteiger partial charge >= 0.3 is 5.97 Å². The van der Waals surface area contributed by atoms with E-state index < -0.39 is 12.1 Å². The number of rotatable bonds is 4. The summed E-state index contributed by atoms with van der Waals surface area (Å²) in [6.45, 7) is 4.06. The van der Waals surface area contributed by atoms with Crippen LogP contribution >= 0.6 is 0 Å². The summed E-state index contributed by atoms with van der Waals surface area (Å²) in [6.07, 6.45) is -0.405. The highest BCUT2D eigenvalue weighted by Crippen LogP contribution is 2.44. The smallest absolute Gasteiger partial charge is 0.342 e. The van der Waals surface area contributed by atoms with E-state index in [9.17, 15) is 4.79 Å². The molecule has 1 heterocycles. The van der Waals surface area contributed by atoms with Crippen LogP contribution in [0.15, 0.2) is 72.3 Å². The summed E-state index contributed by atoms with van der Waals surface area (Å²) >= 11 is 0. The lowest BCUT2D eigenvalue weighted by Gasteiger charge is -2.14. The Bertz CT molecular complexity index is 788. The molecule has 4 heteroatoms. The van der Waals surface area contributed by atoms with Crippen molar-refractivity contribution in [3.63, 3.8) is 0 Å². The van der Waals surface area contributed by atoms with E-state index in [2.05, 4.69) is 6.58 Å². The van der Waals surface area contributed by atoms with Gasteiger partial charge in [0, 0.05) is 11.1 Å². The highest BCUT2D eigenvalue weighted by molar-refractivity contribution is 6.02. The van der Waals surface area contributed by atoms with E-state index in [1.807, 2.05) is 54.6 Å². The van der Waals surface area contributed by atoms with Crippen LogP contribution in [0.4, 0.5) is 0 Å². The van der Waals surface area contributed by atoms with Crippen LogP contribution in [0.25, 0.3) is 5.76 Å². The Labute approximate surface area is 141 Å². The number of hydrogen-bond donors (Lipinski definition) is 0. The maximum atomic E-state index is 12.3. The van der Waals surface area contributed by atoms with Gasteiger partial charge in [0.05, 0.1) is 14.2 Å². The Balaban J connectivity index is 2.03. The molecule has 0 bridgehead atoms. The number of hydrogen-bond acceptors (Lipinski definition) is 4. The van der Waals surface area contributed by atoms with Crippen molar-refractivity contribution in [2.24, 2.45) is 0 Å². The third-order valence-corrected chi connectivity index (χ3v) is 3.94. The quantitative estimate of drug-likeness (QED) is 0.801. The second-order valence-electron chi connectivity index (χ2n) is 5.36. The molecule has 1 atom stereocenters. The SMILES string of the molecule is C=C1C(C(=O)OC)=C(c2ccc(OC)cc2)O[C@H]1c1ccccc1. The Morgan fingerprint density at radius 1 is 1.04 bits per heavy atom. The second-order valence-corrected chi connectivity index (χ2v) is 5.36. The zero-order valence-corrected chi connectivity index (χ0v) is 13.6. The van der Waals surface area contributed by atoms with Crippen molar-refractivity contribution in [3.05, 3.63) is 83.4 Å². The van der Waals surface area contributed by atoms with E-state index in [1.54, 1.807) is 7.11 Å². The molecule has 0 aromatic heterocycles.